The molecule has 0 aliphatic carbocycles. The highest BCUT2D eigenvalue weighted by atomic mass is 35.5. The molecule has 0 spiro atoms. The summed E-state index contributed by atoms with van der Waals surface area (Å²) in [5.74, 6) is -0.755. The van der Waals surface area contributed by atoms with Crippen molar-refractivity contribution in [1.29, 1.82) is 0 Å². The Bertz CT molecular complexity index is 257. The number of hydrogen-bond acceptors (Lipinski definition) is 4. The average molecular weight is 267 g/mol. The van der Waals surface area contributed by atoms with Crippen molar-refractivity contribution in [3.8, 4) is 0 Å². The molecule has 0 heterocycles. The minimum Gasteiger partial charge on any atom is -0.467 e. The van der Waals surface area contributed by atoms with Gasteiger partial charge >= 0.3 is 5.97 Å². The molecule has 5 nitrogen and oxygen atoms in total. The van der Waals surface area contributed by atoms with Gasteiger partial charge in [-0.05, 0) is 19.8 Å². The molecule has 0 aliphatic rings. The highest BCUT2D eigenvalue weighted by Crippen LogP contribution is 2.09. The van der Waals surface area contributed by atoms with E-state index in [1.54, 1.807) is 13.8 Å². The number of carbonyl (C=O) groups excluding carboxylic acids is 2. The molecule has 1 amide bonds. The SMILES string of the molecule is CCCC(C)(N)C(=O)NC(CC)C(=O)OC.Cl. The fourth-order valence-electron chi connectivity index (χ4n) is 1.43. The van der Waals surface area contributed by atoms with E-state index in [4.69, 9.17) is 5.73 Å². The molecule has 0 aromatic heterocycles. The van der Waals surface area contributed by atoms with Crippen LogP contribution in [0.3, 0.4) is 0 Å². The van der Waals surface area contributed by atoms with Gasteiger partial charge in [0, 0.05) is 0 Å². The lowest BCUT2D eigenvalue weighted by molar-refractivity contribution is -0.145. The number of rotatable bonds is 6. The van der Waals surface area contributed by atoms with Crippen LogP contribution in [0.15, 0.2) is 0 Å². The lowest BCUT2D eigenvalue weighted by Gasteiger charge is -2.25. The predicted molar refractivity (Wildman–Crippen MR) is 69.0 cm³/mol. The maximum Gasteiger partial charge on any atom is 0.328 e. The first kappa shape index (κ1) is 18.6. The van der Waals surface area contributed by atoms with E-state index in [1.165, 1.54) is 7.11 Å². The number of nitrogens with one attached hydrogen (secondary N) is 1. The van der Waals surface area contributed by atoms with Gasteiger partial charge in [0.05, 0.1) is 12.6 Å². The fourth-order valence-corrected chi connectivity index (χ4v) is 1.43. The van der Waals surface area contributed by atoms with E-state index in [2.05, 4.69) is 10.1 Å². The summed E-state index contributed by atoms with van der Waals surface area (Å²) in [4.78, 5) is 23.1. The van der Waals surface area contributed by atoms with Gasteiger partial charge in [-0.1, -0.05) is 20.3 Å². The van der Waals surface area contributed by atoms with E-state index in [-0.39, 0.29) is 18.3 Å². The van der Waals surface area contributed by atoms with Gasteiger partial charge in [0.15, 0.2) is 0 Å². The number of methoxy groups -OCH3 is 1. The second-order valence-corrected chi connectivity index (χ2v) is 4.12. The molecule has 17 heavy (non-hydrogen) atoms. The molecule has 0 radical (unpaired) electrons. The topological polar surface area (TPSA) is 81.4 Å². The van der Waals surface area contributed by atoms with Crippen LogP contribution in [0.5, 0.6) is 0 Å². The second-order valence-electron chi connectivity index (χ2n) is 4.12. The Kier molecular flexibility index (Phi) is 9.06. The largest absolute Gasteiger partial charge is 0.467 e. The van der Waals surface area contributed by atoms with Crippen LogP contribution in [0.4, 0.5) is 0 Å². The minimum atomic E-state index is -0.934. The summed E-state index contributed by atoms with van der Waals surface area (Å²) in [5, 5.41) is 2.60. The zero-order valence-corrected chi connectivity index (χ0v) is 11.7. The maximum atomic E-state index is 11.8. The first-order valence-corrected chi connectivity index (χ1v) is 5.56. The normalized spacial score (nSPS) is 15.1. The lowest BCUT2D eigenvalue weighted by atomic mass is 9.96. The third-order valence-corrected chi connectivity index (χ3v) is 2.49. The highest BCUT2D eigenvalue weighted by Gasteiger charge is 2.30. The Hall–Kier alpha value is -0.810. The van der Waals surface area contributed by atoms with Crippen molar-refractivity contribution < 1.29 is 14.3 Å². The van der Waals surface area contributed by atoms with E-state index in [0.29, 0.717) is 12.8 Å². The van der Waals surface area contributed by atoms with Crippen LogP contribution in [0.25, 0.3) is 0 Å². The number of amides is 1. The summed E-state index contributed by atoms with van der Waals surface area (Å²) in [7, 11) is 1.30. The summed E-state index contributed by atoms with van der Waals surface area (Å²) in [6.07, 6.45) is 1.88. The van der Waals surface area contributed by atoms with Crippen LogP contribution in [0, 0.1) is 0 Å². The third kappa shape index (κ3) is 5.89. The van der Waals surface area contributed by atoms with E-state index < -0.39 is 17.6 Å². The maximum absolute atomic E-state index is 11.8. The molecule has 0 saturated heterocycles. The van der Waals surface area contributed by atoms with Crippen molar-refractivity contribution in [2.24, 2.45) is 5.73 Å². The summed E-state index contributed by atoms with van der Waals surface area (Å²) < 4.78 is 4.58. The van der Waals surface area contributed by atoms with Crippen molar-refractivity contribution in [2.45, 2.75) is 51.6 Å². The zero-order chi connectivity index (χ0) is 12.8. The van der Waals surface area contributed by atoms with Crippen molar-refractivity contribution in [1.82, 2.24) is 5.32 Å². The predicted octanol–water partition coefficient (Wildman–Crippen LogP) is 0.993. The Labute approximate surface area is 109 Å². The molecule has 0 saturated carbocycles. The number of halogens is 1. The molecule has 0 aliphatic heterocycles. The lowest BCUT2D eigenvalue weighted by Crippen LogP contribution is -2.55. The van der Waals surface area contributed by atoms with E-state index in [9.17, 15) is 9.59 Å². The zero-order valence-electron chi connectivity index (χ0n) is 10.9. The molecule has 0 aromatic rings. The quantitative estimate of drug-likeness (QED) is 0.703. The van der Waals surface area contributed by atoms with Gasteiger partial charge in [-0.25, -0.2) is 4.79 Å². The van der Waals surface area contributed by atoms with Gasteiger partial charge < -0.3 is 15.8 Å². The number of hydrogen-bond donors (Lipinski definition) is 2. The second kappa shape index (κ2) is 8.31. The van der Waals surface area contributed by atoms with Gasteiger partial charge in [-0.2, -0.15) is 0 Å². The Balaban J connectivity index is 0. The number of nitrogens with two attached hydrogens (primary N) is 1. The molecule has 6 heteroatoms. The molecule has 3 N–H and O–H groups in total. The van der Waals surface area contributed by atoms with Gasteiger partial charge in [-0.3, -0.25) is 4.79 Å². The van der Waals surface area contributed by atoms with Crippen LogP contribution in [-0.4, -0.2) is 30.6 Å². The molecular formula is C11H23ClN2O3. The van der Waals surface area contributed by atoms with E-state index in [0.717, 1.165) is 6.42 Å². The van der Waals surface area contributed by atoms with Crippen molar-refractivity contribution in [3.63, 3.8) is 0 Å². The summed E-state index contributed by atoms with van der Waals surface area (Å²) in [6, 6.07) is -0.614. The molecule has 2 unspecified atom stereocenters. The van der Waals surface area contributed by atoms with Crippen LogP contribution in [-0.2, 0) is 14.3 Å². The first-order chi connectivity index (χ1) is 7.38. The van der Waals surface area contributed by atoms with Crippen molar-refractivity contribution in [2.75, 3.05) is 7.11 Å². The third-order valence-electron chi connectivity index (χ3n) is 2.49. The molecule has 2 atom stereocenters. The van der Waals surface area contributed by atoms with Crippen LogP contribution >= 0.6 is 12.4 Å². The van der Waals surface area contributed by atoms with Crippen LogP contribution in [0.2, 0.25) is 0 Å². The average Bonchev–Trinajstić information content (AvgIpc) is 2.24. The van der Waals surface area contributed by atoms with Gasteiger partial charge in [-0.15, -0.1) is 12.4 Å². The summed E-state index contributed by atoms with van der Waals surface area (Å²) in [5.41, 5.74) is 4.92. The monoisotopic (exact) mass is 266 g/mol. The fraction of sp³-hybridized carbons (Fsp3) is 0.818. The van der Waals surface area contributed by atoms with Crippen LogP contribution < -0.4 is 11.1 Å². The smallest absolute Gasteiger partial charge is 0.328 e. The van der Waals surface area contributed by atoms with Gasteiger partial charge in [0.2, 0.25) is 5.91 Å². The van der Waals surface area contributed by atoms with Crippen molar-refractivity contribution >= 4 is 24.3 Å². The van der Waals surface area contributed by atoms with Gasteiger partial charge in [0.25, 0.3) is 0 Å². The standard InChI is InChI=1S/C11H22N2O3.ClH/c1-5-7-11(3,12)10(15)13-8(6-2)9(14)16-4;/h8H,5-7,12H2,1-4H3,(H,13,15);1H. The Morgan fingerprint density at radius 2 is 1.94 bits per heavy atom. The molecule has 0 fully saturated rings. The highest BCUT2D eigenvalue weighted by molar-refractivity contribution is 5.89. The number of ether oxygens (including phenoxy) is 1. The first-order valence-electron chi connectivity index (χ1n) is 5.56. The molecule has 102 valence electrons. The number of carbonyl (C=O) groups is 2. The number of esters is 1. The van der Waals surface area contributed by atoms with Crippen molar-refractivity contribution in [3.05, 3.63) is 0 Å². The summed E-state index contributed by atoms with van der Waals surface area (Å²) >= 11 is 0. The molecule has 0 bridgehead atoms. The Morgan fingerprint density at radius 1 is 1.41 bits per heavy atom. The molecule has 0 aromatic carbocycles. The van der Waals surface area contributed by atoms with Gasteiger partial charge in [0.1, 0.15) is 6.04 Å². The minimum absolute atomic E-state index is 0. The van der Waals surface area contributed by atoms with Crippen LogP contribution in [0.1, 0.15) is 40.0 Å². The summed E-state index contributed by atoms with van der Waals surface area (Å²) in [6.45, 7) is 5.42. The molecular weight excluding hydrogens is 244 g/mol. The Morgan fingerprint density at radius 3 is 2.29 bits per heavy atom. The molecule has 0 rings (SSSR count). The van der Waals surface area contributed by atoms with E-state index >= 15 is 0 Å². The van der Waals surface area contributed by atoms with E-state index in [1.807, 2.05) is 6.92 Å².